The summed E-state index contributed by atoms with van der Waals surface area (Å²) in [6.07, 6.45) is -2.16. The molecule has 1 saturated carbocycles. The zero-order valence-electron chi connectivity index (χ0n) is 22.8. The Morgan fingerprint density at radius 1 is 1.12 bits per heavy atom. The van der Waals surface area contributed by atoms with E-state index in [2.05, 4.69) is 5.32 Å². The fourth-order valence-electron chi connectivity index (χ4n) is 6.98. The third kappa shape index (κ3) is 4.49. The minimum Gasteiger partial charge on any atom is -0.382 e. The molecule has 2 saturated heterocycles. The highest BCUT2D eigenvalue weighted by Gasteiger charge is 2.62. The largest absolute Gasteiger partial charge is 0.382 e. The quantitative estimate of drug-likeness (QED) is 0.549. The number of aliphatic hydroxyl groups excluding tert-OH is 1. The minimum absolute atomic E-state index is 0.0595. The molecule has 7 atom stereocenters. The van der Waals surface area contributed by atoms with Gasteiger partial charge in [-0.05, 0) is 47.7 Å². The number of hydrogen-bond acceptors (Lipinski definition) is 5. The van der Waals surface area contributed by atoms with E-state index in [4.69, 9.17) is 4.99 Å². The maximum Gasteiger partial charge on any atom is 0.253 e. The van der Waals surface area contributed by atoms with E-state index in [-0.39, 0.29) is 36.9 Å². The van der Waals surface area contributed by atoms with Crippen LogP contribution in [0.5, 0.6) is 0 Å². The summed E-state index contributed by atoms with van der Waals surface area (Å²) < 4.78 is 58.4. The minimum atomic E-state index is -1.42. The van der Waals surface area contributed by atoms with Crippen LogP contribution >= 0.6 is 0 Å². The van der Waals surface area contributed by atoms with E-state index in [1.54, 1.807) is 12.1 Å². The summed E-state index contributed by atoms with van der Waals surface area (Å²) in [5.41, 5.74) is -0.773. The van der Waals surface area contributed by atoms with Gasteiger partial charge in [0.15, 0.2) is 0 Å². The Hall–Kier alpha value is -2.98. The first kappa shape index (κ1) is 27.2. The molecule has 0 aromatic heterocycles. The molecule has 2 aromatic rings. The second-order valence-electron chi connectivity index (χ2n) is 12.7. The number of benzene rings is 2. The number of carbonyl (C=O) groups excluding carboxylic acids is 1. The van der Waals surface area contributed by atoms with Gasteiger partial charge in [0.05, 0.1) is 11.6 Å². The van der Waals surface area contributed by atoms with E-state index in [9.17, 15) is 23.1 Å². The zero-order chi connectivity index (χ0) is 28.6. The summed E-state index contributed by atoms with van der Waals surface area (Å²) in [6.45, 7) is 6.65. The number of rotatable bonds is 5. The number of halogens is 4. The standard InChI is InChI=1S/C30H34F4N4O2/c1-29(2,3)26(38-15-20-23(34)12-35-24(20)25(39)28(38)40)27-36-30(21-10-19(32)7-8-22(21)33)11-17(30)14-37(27)13-16-5-4-6-18(31)9-16/h4-10,17,20,23-26,35,39H,11-15H2,1-3H3/t17?,20-,23-,24?,25-,26-,30?/m0/s1. The van der Waals surface area contributed by atoms with Gasteiger partial charge < -0.3 is 20.2 Å². The van der Waals surface area contributed by atoms with Gasteiger partial charge in [0.1, 0.15) is 35.6 Å². The highest BCUT2D eigenvalue weighted by Crippen LogP contribution is 2.59. The molecule has 40 heavy (non-hydrogen) atoms. The molecule has 3 aliphatic heterocycles. The van der Waals surface area contributed by atoms with Crippen LogP contribution in [0.2, 0.25) is 0 Å². The number of amides is 1. The number of likely N-dealkylation sites (tertiary alicyclic amines) is 1. The maximum absolute atomic E-state index is 15.1. The first-order chi connectivity index (χ1) is 18.9. The number of nitrogens with one attached hydrogen (secondary N) is 1. The number of hydrogen-bond donors (Lipinski definition) is 2. The van der Waals surface area contributed by atoms with Crippen LogP contribution in [0.25, 0.3) is 0 Å². The topological polar surface area (TPSA) is 68.2 Å². The van der Waals surface area contributed by atoms with Crippen molar-refractivity contribution in [1.29, 1.82) is 0 Å². The Morgan fingerprint density at radius 2 is 1.88 bits per heavy atom. The van der Waals surface area contributed by atoms with Gasteiger partial charge in [-0.3, -0.25) is 9.79 Å². The Bertz CT molecular complexity index is 1360. The fourth-order valence-corrected chi connectivity index (χ4v) is 6.98. The SMILES string of the molecule is CC(C)(C)[C@H](C1=NC2(c3cc(F)ccc3F)CC2CN1Cc1cccc(F)c1)N1C[C@@H]2C(NC[C@@H]2F)[C@H](O)C1=O. The molecule has 6 rings (SSSR count). The molecule has 0 spiro atoms. The third-order valence-corrected chi connectivity index (χ3v) is 8.94. The molecule has 2 N–H and O–H groups in total. The van der Waals surface area contributed by atoms with Crippen molar-refractivity contribution in [2.45, 2.75) is 63.6 Å². The van der Waals surface area contributed by atoms with Crippen LogP contribution in [0.15, 0.2) is 47.5 Å². The van der Waals surface area contributed by atoms with Gasteiger partial charge in [-0.15, -0.1) is 0 Å². The van der Waals surface area contributed by atoms with E-state index in [0.29, 0.717) is 24.4 Å². The molecule has 0 bridgehead atoms. The number of amidine groups is 1. The van der Waals surface area contributed by atoms with Crippen LogP contribution in [-0.2, 0) is 16.9 Å². The Kier molecular flexibility index (Phi) is 6.49. The molecular weight excluding hydrogens is 524 g/mol. The van der Waals surface area contributed by atoms with Crippen LogP contribution in [0.4, 0.5) is 17.6 Å². The monoisotopic (exact) mass is 558 g/mol. The molecule has 10 heteroatoms. The number of nitrogens with zero attached hydrogens (tertiary/aromatic N) is 3. The lowest BCUT2D eigenvalue weighted by atomic mass is 9.80. The van der Waals surface area contributed by atoms with Gasteiger partial charge in [-0.1, -0.05) is 32.9 Å². The average molecular weight is 559 g/mol. The summed E-state index contributed by atoms with van der Waals surface area (Å²) in [5.74, 6) is -2.27. The smallest absolute Gasteiger partial charge is 0.253 e. The van der Waals surface area contributed by atoms with Crippen LogP contribution in [-0.4, -0.2) is 70.6 Å². The molecule has 1 amide bonds. The normalized spacial score (nSPS) is 32.5. The van der Waals surface area contributed by atoms with E-state index < -0.39 is 58.8 Å². The van der Waals surface area contributed by atoms with Gasteiger partial charge in [0, 0.05) is 49.6 Å². The fraction of sp³-hybridized carbons (Fsp3) is 0.533. The lowest BCUT2D eigenvalue weighted by molar-refractivity contribution is -0.152. The Morgan fingerprint density at radius 3 is 2.60 bits per heavy atom. The van der Waals surface area contributed by atoms with Gasteiger partial charge in [0.25, 0.3) is 5.91 Å². The number of aliphatic imine (C=N–C) groups is 1. The van der Waals surface area contributed by atoms with Crippen LogP contribution in [0, 0.1) is 34.7 Å². The summed E-state index contributed by atoms with van der Waals surface area (Å²) in [4.78, 5) is 22.3. The third-order valence-electron chi connectivity index (χ3n) is 8.94. The first-order valence-corrected chi connectivity index (χ1v) is 13.8. The van der Waals surface area contributed by atoms with E-state index in [1.165, 1.54) is 23.1 Å². The van der Waals surface area contributed by atoms with Crippen molar-refractivity contribution >= 4 is 11.7 Å². The van der Waals surface area contributed by atoms with Gasteiger partial charge >= 0.3 is 0 Å². The van der Waals surface area contributed by atoms with Gasteiger partial charge in [-0.25, -0.2) is 17.6 Å². The van der Waals surface area contributed by atoms with Gasteiger partial charge in [0.2, 0.25) is 0 Å². The number of piperidine rings is 1. The van der Waals surface area contributed by atoms with Crippen molar-refractivity contribution in [1.82, 2.24) is 15.1 Å². The van der Waals surface area contributed by atoms with E-state index in [1.807, 2.05) is 25.7 Å². The van der Waals surface area contributed by atoms with Crippen LogP contribution in [0.3, 0.4) is 0 Å². The molecule has 3 heterocycles. The number of alkyl halides is 1. The predicted octanol–water partition coefficient (Wildman–Crippen LogP) is 3.78. The summed E-state index contributed by atoms with van der Waals surface area (Å²) in [7, 11) is 0. The van der Waals surface area contributed by atoms with E-state index in [0.717, 1.165) is 12.1 Å². The lowest BCUT2D eigenvalue weighted by Gasteiger charge is -2.49. The van der Waals surface area contributed by atoms with Crippen molar-refractivity contribution in [2.75, 3.05) is 19.6 Å². The van der Waals surface area contributed by atoms with Crippen molar-refractivity contribution < 1.29 is 27.5 Å². The summed E-state index contributed by atoms with van der Waals surface area (Å²) in [6, 6.07) is 8.18. The highest BCUT2D eigenvalue weighted by atomic mass is 19.1. The molecule has 4 aliphatic rings. The van der Waals surface area contributed by atoms with Crippen molar-refractivity contribution in [3.05, 3.63) is 71.0 Å². The van der Waals surface area contributed by atoms with Crippen molar-refractivity contribution in [3.8, 4) is 0 Å². The zero-order valence-corrected chi connectivity index (χ0v) is 22.8. The predicted molar refractivity (Wildman–Crippen MR) is 142 cm³/mol. The van der Waals surface area contributed by atoms with E-state index >= 15 is 4.39 Å². The van der Waals surface area contributed by atoms with Crippen molar-refractivity contribution in [2.24, 2.45) is 22.2 Å². The Balaban J connectivity index is 1.47. The Labute approximate surface area is 231 Å². The number of aliphatic hydroxyl groups is 1. The first-order valence-electron chi connectivity index (χ1n) is 13.8. The molecule has 3 unspecified atom stereocenters. The summed E-state index contributed by atoms with van der Waals surface area (Å²) in [5, 5.41) is 13.9. The molecule has 0 radical (unpaired) electrons. The van der Waals surface area contributed by atoms with Crippen molar-refractivity contribution in [3.63, 3.8) is 0 Å². The second-order valence-corrected chi connectivity index (χ2v) is 12.7. The number of fused-ring (bicyclic) bond motifs is 2. The van der Waals surface area contributed by atoms with Crippen LogP contribution < -0.4 is 5.32 Å². The van der Waals surface area contributed by atoms with Gasteiger partial charge in [-0.2, -0.15) is 0 Å². The molecular formula is C30H34F4N4O2. The molecule has 6 nitrogen and oxygen atoms in total. The molecule has 3 fully saturated rings. The molecule has 214 valence electrons. The lowest BCUT2D eigenvalue weighted by Crippen LogP contribution is -2.66. The second kappa shape index (κ2) is 9.55. The highest BCUT2D eigenvalue weighted by molar-refractivity contribution is 5.95. The molecule has 2 aromatic carbocycles. The number of carbonyl (C=O) groups is 1. The summed E-state index contributed by atoms with van der Waals surface area (Å²) >= 11 is 0. The molecule has 1 aliphatic carbocycles. The van der Waals surface area contributed by atoms with Crippen LogP contribution in [0.1, 0.15) is 38.3 Å². The average Bonchev–Trinajstić information content (AvgIpc) is 3.48. The maximum atomic E-state index is 15.1.